The average molecular weight is 186 g/mol. The highest BCUT2D eigenvalue weighted by atomic mass is 16.3. The molecule has 0 aliphatic carbocycles. The van der Waals surface area contributed by atoms with E-state index in [0.717, 1.165) is 5.56 Å². The second-order valence-electron chi connectivity index (χ2n) is 3.22. The van der Waals surface area contributed by atoms with E-state index in [2.05, 4.69) is 6.58 Å². The molecule has 70 valence electrons. The molecular formula is C12H10O2. The van der Waals surface area contributed by atoms with E-state index in [1.54, 1.807) is 6.07 Å². The van der Waals surface area contributed by atoms with E-state index in [-0.39, 0.29) is 5.43 Å². The number of fused-ring (bicyclic) bond motifs is 1. The van der Waals surface area contributed by atoms with Gasteiger partial charge >= 0.3 is 0 Å². The summed E-state index contributed by atoms with van der Waals surface area (Å²) < 4.78 is 5.30. The molecule has 0 saturated heterocycles. The maximum absolute atomic E-state index is 11.8. The van der Waals surface area contributed by atoms with Gasteiger partial charge in [0.15, 0.2) is 5.43 Å². The second kappa shape index (κ2) is 3.14. The summed E-state index contributed by atoms with van der Waals surface area (Å²) in [5, 5.41) is 0.613. The van der Waals surface area contributed by atoms with Crippen LogP contribution in [-0.4, -0.2) is 0 Å². The molecule has 0 unspecified atom stereocenters. The van der Waals surface area contributed by atoms with Gasteiger partial charge in [0.05, 0.1) is 10.9 Å². The third-order valence-corrected chi connectivity index (χ3v) is 2.17. The van der Waals surface area contributed by atoms with Crippen LogP contribution in [0.5, 0.6) is 0 Å². The van der Waals surface area contributed by atoms with E-state index in [0.29, 0.717) is 16.5 Å². The Morgan fingerprint density at radius 3 is 2.93 bits per heavy atom. The molecule has 1 aromatic heterocycles. The van der Waals surface area contributed by atoms with Crippen molar-refractivity contribution < 1.29 is 4.42 Å². The molecule has 0 bridgehead atoms. The first kappa shape index (κ1) is 8.75. The Morgan fingerprint density at radius 2 is 2.21 bits per heavy atom. The highest BCUT2D eigenvalue weighted by molar-refractivity contribution is 5.79. The van der Waals surface area contributed by atoms with Crippen molar-refractivity contribution in [3.63, 3.8) is 0 Å². The van der Waals surface area contributed by atoms with Crippen LogP contribution in [0.2, 0.25) is 0 Å². The van der Waals surface area contributed by atoms with Crippen LogP contribution in [0.3, 0.4) is 0 Å². The van der Waals surface area contributed by atoms with E-state index in [1.165, 1.54) is 12.3 Å². The van der Waals surface area contributed by atoms with Gasteiger partial charge in [-0.25, -0.2) is 0 Å². The molecule has 2 heteroatoms. The van der Waals surface area contributed by atoms with Gasteiger partial charge in [-0.1, -0.05) is 24.3 Å². The summed E-state index contributed by atoms with van der Waals surface area (Å²) in [5.74, 6) is 0. The zero-order valence-corrected chi connectivity index (χ0v) is 7.91. The fourth-order valence-electron chi connectivity index (χ4n) is 1.40. The second-order valence-corrected chi connectivity index (χ2v) is 3.22. The topological polar surface area (TPSA) is 30.2 Å². The minimum atomic E-state index is -0.0232. The number of rotatable bonds is 1. The number of benzene rings is 1. The van der Waals surface area contributed by atoms with Crippen LogP contribution in [0, 0.1) is 6.92 Å². The van der Waals surface area contributed by atoms with Gasteiger partial charge in [-0.2, -0.15) is 0 Å². The highest BCUT2D eigenvalue weighted by Crippen LogP contribution is 2.13. The molecular weight excluding hydrogens is 176 g/mol. The van der Waals surface area contributed by atoms with Gasteiger partial charge in [0.25, 0.3) is 0 Å². The molecule has 2 nitrogen and oxygen atoms in total. The SMILES string of the molecule is C=Cc1coc2ccc(C)cc2c1=O. The van der Waals surface area contributed by atoms with Crippen molar-refractivity contribution in [2.75, 3.05) is 0 Å². The lowest BCUT2D eigenvalue weighted by molar-refractivity contribution is 0.601. The highest BCUT2D eigenvalue weighted by Gasteiger charge is 2.03. The predicted octanol–water partition coefficient (Wildman–Crippen LogP) is 2.74. The first-order valence-electron chi connectivity index (χ1n) is 4.37. The van der Waals surface area contributed by atoms with Crippen LogP contribution >= 0.6 is 0 Å². The fourth-order valence-corrected chi connectivity index (χ4v) is 1.40. The third-order valence-electron chi connectivity index (χ3n) is 2.17. The molecule has 0 spiro atoms. The minimum absolute atomic E-state index is 0.0232. The van der Waals surface area contributed by atoms with E-state index in [1.807, 2.05) is 19.1 Å². The normalized spacial score (nSPS) is 10.4. The van der Waals surface area contributed by atoms with Gasteiger partial charge in [-0.15, -0.1) is 0 Å². The molecule has 2 aromatic rings. The summed E-state index contributed by atoms with van der Waals surface area (Å²) in [6.07, 6.45) is 2.95. The van der Waals surface area contributed by atoms with Gasteiger partial charge in [-0.05, 0) is 19.1 Å². The Balaban J connectivity index is 2.93. The Kier molecular flexibility index (Phi) is 1.97. The zero-order chi connectivity index (χ0) is 10.1. The Bertz CT molecular complexity index is 550. The smallest absolute Gasteiger partial charge is 0.199 e. The van der Waals surface area contributed by atoms with Crippen molar-refractivity contribution in [3.05, 3.63) is 52.4 Å². The number of aryl methyl sites for hydroxylation is 1. The lowest BCUT2D eigenvalue weighted by Gasteiger charge is -1.98. The largest absolute Gasteiger partial charge is 0.463 e. The molecule has 0 atom stereocenters. The quantitative estimate of drug-likeness (QED) is 0.685. The first-order chi connectivity index (χ1) is 6.72. The molecule has 0 saturated carbocycles. The summed E-state index contributed by atoms with van der Waals surface area (Å²) in [6.45, 7) is 5.50. The van der Waals surface area contributed by atoms with E-state index in [4.69, 9.17) is 4.42 Å². The molecule has 0 fully saturated rings. The summed E-state index contributed by atoms with van der Waals surface area (Å²) >= 11 is 0. The van der Waals surface area contributed by atoms with Crippen LogP contribution in [0.1, 0.15) is 11.1 Å². The Labute approximate surface area is 81.5 Å². The van der Waals surface area contributed by atoms with Gasteiger partial charge in [0.2, 0.25) is 0 Å². The van der Waals surface area contributed by atoms with E-state index >= 15 is 0 Å². The van der Waals surface area contributed by atoms with Crippen molar-refractivity contribution in [1.82, 2.24) is 0 Å². The fraction of sp³-hybridized carbons (Fsp3) is 0.0833. The molecule has 14 heavy (non-hydrogen) atoms. The maximum Gasteiger partial charge on any atom is 0.199 e. The summed E-state index contributed by atoms with van der Waals surface area (Å²) in [5.41, 5.74) is 2.14. The van der Waals surface area contributed by atoms with Crippen LogP contribution in [0.4, 0.5) is 0 Å². The number of hydrogen-bond donors (Lipinski definition) is 0. The predicted molar refractivity (Wildman–Crippen MR) is 57.3 cm³/mol. The summed E-state index contributed by atoms with van der Waals surface area (Å²) in [7, 11) is 0. The lowest BCUT2D eigenvalue weighted by Crippen LogP contribution is -2.04. The van der Waals surface area contributed by atoms with Gasteiger partial charge < -0.3 is 4.42 Å². The molecule has 0 N–H and O–H groups in total. The summed E-state index contributed by atoms with van der Waals surface area (Å²) in [4.78, 5) is 11.8. The summed E-state index contributed by atoms with van der Waals surface area (Å²) in [6, 6.07) is 5.55. The third kappa shape index (κ3) is 1.25. The van der Waals surface area contributed by atoms with Crippen molar-refractivity contribution in [2.45, 2.75) is 6.92 Å². The van der Waals surface area contributed by atoms with E-state index < -0.39 is 0 Å². The number of hydrogen-bond acceptors (Lipinski definition) is 2. The molecule has 0 aliphatic heterocycles. The van der Waals surface area contributed by atoms with Crippen molar-refractivity contribution in [3.8, 4) is 0 Å². The molecule has 2 rings (SSSR count). The lowest BCUT2D eigenvalue weighted by atomic mass is 10.1. The molecule has 0 amide bonds. The van der Waals surface area contributed by atoms with Crippen LogP contribution in [0.25, 0.3) is 17.0 Å². The average Bonchev–Trinajstić information content (AvgIpc) is 2.20. The molecule has 1 aromatic carbocycles. The monoisotopic (exact) mass is 186 g/mol. The zero-order valence-electron chi connectivity index (χ0n) is 7.91. The van der Waals surface area contributed by atoms with Gasteiger partial charge in [0.1, 0.15) is 11.8 Å². The van der Waals surface area contributed by atoms with Crippen LogP contribution < -0.4 is 5.43 Å². The van der Waals surface area contributed by atoms with E-state index in [9.17, 15) is 4.79 Å². The molecule has 1 heterocycles. The van der Waals surface area contributed by atoms with Crippen molar-refractivity contribution in [2.24, 2.45) is 0 Å². The molecule has 0 aliphatic rings. The van der Waals surface area contributed by atoms with Crippen LogP contribution in [-0.2, 0) is 0 Å². The van der Waals surface area contributed by atoms with Crippen molar-refractivity contribution in [1.29, 1.82) is 0 Å². The Hall–Kier alpha value is -1.83. The maximum atomic E-state index is 11.8. The standard InChI is InChI=1S/C12H10O2/c1-3-9-7-14-11-5-4-8(2)6-10(11)12(9)13/h3-7H,1H2,2H3. The Morgan fingerprint density at radius 1 is 1.43 bits per heavy atom. The molecule has 0 radical (unpaired) electrons. The minimum Gasteiger partial charge on any atom is -0.463 e. The van der Waals surface area contributed by atoms with Gasteiger partial charge in [-0.3, -0.25) is 4.79 Å². The van der Waals surface area contributed by atoms with Crippen LogP contribution in [0.15, 0.2) is 40.3 Å². The first-order valence-corrected chi connectivity index (χ1v) is 4.37. The van der Waals surface area contributed by atoms with Crippen molar-refractivity contribution >= 4 is 17.0 Å². The van der Waals surface area contributed by atoms with Gasteiger partial charge in [0, 0.05) is 0 Å².